The zero-order valence-corrected chi connectivity index (χ0v) is 13.2. The maximum absolute atomic E-state index is 12.1. The van der Waals surface area contributed by atoms with Gasteiger partial charge in [-0.2, -0.15) is 5.26 Å². The van der Waals surface area contributed by atoms with Crippen LogP contribution in [0.3, 0.4) is 0 Å². The first-order valence-electron chi connectivity index (χ1n) is 7.09. The predicted octanol–water partition coefficient (Wildman–Crippen LogP) is 4.05. The van der Waals surface area contributed by atoms with Crippen molar-refractivity contribution in [2.75, 3.05) is 5.32 Å². The molecule has 0 saturated heterocycles. The Hall–Kier alpha value is -2.91. The Balaban J connectivity index is 1.69. The highest BCUT2D eigenvalue weighted by molar-refractivity contribution is 7.22. The molecule has 0 aliphatic rings. The van der Waals surface area contributed by atoms with E-state index < -0.39 is 0 Å². The fourth-order valence-corrected chi connectivity index (χ4v) is 3.10. The Labute approximate surface area is 137 Å². The molecule has 2 N–H and O–H groups in total. The lowest BCUT2D eigenvalue weighted by Crippen LogP contribution is -2.31. The van der Waals surface area contributed by atoms with Crippen LogP contribution in [0.5, 0.6) is 0 Å². The van der Waals surface area contributed by atoms with Crippen molar-refractivity contribution in [3.63, 3.8) is 0 Å². The number of carbonyl (C=O) groups excluding carboxylic acids is 1. The number of nitrogens with one attached hydrogen (secondary N) is 2. The number of aromatic nitrogens is 1. The van der Waals surface area contributed by atoms with Crippen LogP contribution >= 0.6 is 11.3 Å². The quantitative estimate of drug-likeness (QED) is 0.763. The maximum Gasteiger partial charge on any atom is 0.321 e. The van der Waals surface area contributed by atoms with Gasteiger partial charge in [-0.1, -0.05) is 41.7 Å². The average molecular weight is 322 g/mol. The number of hydrogen-bond acceptors (Lipinski definition) is 4. The summed E-state index contributed by atoms with van der Waals surface area (Å²) in [7, 11) is 0. The molecular formula is C17H14N4OS. The molecule has 5 nitrogen and oxygen atoms in total. The predicted molar refractivity (Wildman–Crippen MR) is 91.3 cm³/mol. The van der Waals surface area contributed by atoms with Crippen molar-refractivity contribution in [3.05, 3.63) is 59.7 Å². The van der Waals surface area contributed by atoms with Gasteiger partial charge in [0.05, 0.1) is 27.9 Å². The lowest BCUT2D eigenvalue weighted by atomic mass is 10.1. The third kappa shape index (κ3) is 3.47. The van der Waals surface area contributed by atoms with E-state index in [2.05, 4.69) is 21.7 Å². The molecule has 23 heavy (non-hydrogen) atoms. The van der Waals surface area contributed by atoms with Gasteiger partial charge in [-0.05, 0) is 30.7 Å². The van der Waals surface area contributed by atoms with Crippen LogP contribution in [0.25, 0.3) is 10.2 Å². The van der Waals surface area contributed by atoms with Crippen molar-refractivity contribution in [2.24, 2.45) is 0 Å². The molecule has 2 aromatic carbocycles. The molecule has 0 fully saturated rings. The molecule has 6 heteroatoms. The topological polar surface area (TPSA) is 77.8 Å². The zero-order valence-electron chi connectivity index (χ0n) is 12.4. The van der Waals surface area contributed by atoms with Gasteiger partial charge in [0.25, 0.3) is 0 Å². The number of hydrogen-bond donors (Lipinski definition) is 2. The SMILES string of the molecule is C[C@@H](NC(=O)Nc1nc2ccc(C#N)cc2s1)c1ccccc1. The van der Waals surface area contributed by atoms with Crippen LogP contribution in [0.4, 0.5) is 9.93 Å². The number of anilines is 1. The number of nitrogens with zero attached hydrogens (tertiary/aromatic N) is 2. The molecule has 0 unspecified atom stereocenters. The molecule has 1 atom stereocenters. The summed E-state index contributed by atoms with van der Waals surface area (Å²) >= 11 is 1.34. The minimum atomic E-state index is -0.305. The standard InChI is InChI=1S/C17H14N4OS/c1-11(13-5-3-2-4-6-13)19-16(22)21-17-20-14-8-7-12(10-18)9-15(14)23-17/h2-9,11H,1H3,(H2,19,20,21,22)/t11-/m1/s1. The summed E-state index contributed by atoms with van der Waals surface area (Å²) < 4.78 is 0.871. The number of nitriles is 1. The molecular weight excluding hydrogens is 308 g/mol. The molecule has 0 aliphatic heterocycles. The van der Waals surface area contributed by atoms with Crippen molar-refractivity contribution >= 4 is 32.7 Å². The number of amides is 2. The van der Waals surface area contributed by atoms with Crippen molar-refractivity contribution in [1.29, 1.82) is 5.26 Å². The van der Waals surface area contributed by atoms with Crippen molar-refractivity contribution in [1.82, 2.24) is 10.3 Å². The molecule has 114 valence electrons. The molecule has 2 amide bonds. The first-order chi connectivity index (χ1) is 11.2. The van der Waals surface area contributed by atoms with E-state index in [0.29, 0.717) is 10.7 Å². The maximum atomic E-state index is 12.1. The summed E-state index contributed by atoms with van der Waals surface area (Å²) in [5.41, 5.74) is 2.38. The highest BCUT2D eigenvalue weighted by Crippen LogP contribution is 2.26. The van der Waals surface area contributed by atoms with Crippen LogP contribution in [0.1, 0.15) is 24.1 Å². The Morgan fingerprint density at radius 3 is 2.78 bits per heavy atom. The Morgan fingerprint density at radius 1 is 1.26 bits per heavy atom. The summed E-state index contributed by atoms with van der Waals surface area (Å²) in [6.07, 6.45) is 0. The third-order valence-corrected chi connectivity index (χ3v) is 4.32. The van der Waals surface area contributed by atoms with E-state index in [9.17, 15) is 4.79 Å². The molecule has 1 heterocycles. The second-order valence-electron chi connectivity index (χ2n) is 5.04. The summed E-state index contributed by atoms with van der Waals surface area (Å²) in [6, 6.07) is 16.7. The van der Waals surface area contributed by atoms with E-state index in [0.717, 1.165) is 15.8 Å². The number of thiazole rings is 1. The smallest absolute Gasteiger partial charge is 0.321 e. The van der Waals surface area contributed by atoms with E-state index in [1.54, 1.807) is 18.2 Å². The normalized spacial score (nSPS) is 11.7. The van der Waals surface area contributed by atoms with E-state index in [1.165, 1.54) is 11.3 Å². The van der Waals surface area contributed by atoms with E-state index in [-0.39, 0.29) is 12.1 Å². The molecule has 0 radical (unpaired) electrons. The van der Waals surface area contributed by atoms with Gasteiger partial charge in [-0.3, -0.25) is 5.32 Å². The van der Waals surface area contributed by atoms with Gasteiger partial charge >= 0.3 is 6.03 Å². The highest BCUT2D eigenvalue weighted by Gasteiger charge is 2.11. The number of benzene rings is 2. The minimum absolute atomic E-state index is 0.101. The summed E-state index contributed by atoms with van der Waals surface area (Å²) in [5, 5.41) is 15.0. The first-order valence-corrected chi connectivity index (χ1v) is 7.90. The molecule has 0 spiro atoms. The van der Waals surface area contributed by atoms with Gasteiger partial charge in [0.1, 0.15) is 0 Å². The lowest BCUT2D eigenvalue weighted by Gasteiger charge is -2.13. The van der Waals surface area contributed by atoms with Gasteiger partial charge in [0.15, 0.2) is 5.13 Å². The van der Waals surface area contributed by atoms with E-state index >= 15 is 0 Å². The van der Waals surface area contributed by atoms with Gasteiger partial charge in [-0.25, -0.2) is 9.78 Å². The monoisotopic (exact) mass is 322 g/mol. The second kappa shape index (κ2) is 6.46. The molecule has 3 rings (SSSR count). The summed E-state index contributed by atoms with van der Waals surface area (Å²) in [5.74, 6) is 0. The summed E-state index contributed by atoms with van der Waals surface area (Å²) in [4.78, 5) is 16.4. The molecule has 0 aliphatic carbocycles. The van der Waals surface area contributed by atoms with Crippen molar-refractivity contribution in [3.8, 4) is 6.07 Å². The zero-order chi connectivity index (χ0) is 16.2. The number of fused-ring (bicyclic) bond motifs is 1. The van der Waals surface area contributed by atoms with Crippen molar-refractivity contribution in [2.45, 2.75) is 13.0 Å². The fourth-order valence-electron chi connectivity index (χ4n) is 2.20. The minimum Gasteiger partial charge on any atom is -0.331 e. The van der Waals surface area contributed by atoms with E-state index in [4.69, 9.17) is 5.26 Å². The van der Waals surface area contributed by atoms with Gasteiger partial charge < -0.3 is 5.32 Å². The first kappa shape index (κ1) is 15.0. The van der Waals surface area contributed by atoms with Crippen LogP contribution in [0.2, 0.25) is 0 Å². The number of urea groups is 1. The second-order valence-corrected chi connectivity index (χ2v) is 6.07. The number of carbonyl (C=O) groups is 1. The molecule has 1 aromatic heterocycles. The third-order valence-electron chi connectivity index (χ3n) is 3.39. The van der Waals surface area contributed by atoms with Gasteiger partial charge in [-0.15, -0.1) is 0 Å². The van der Waals surface area contributed by atoms with Crippen molar-refractivity contribution < 1.29 is 4.79 Å². The largest absolute Gasteiger partial charge is 0.331 e. The Bertz CT molecular complexity index is 882. The Morgan fingerprint density at radius 2 is 2.04 bits per heavy atom. The van der Waals surface area contributed by atoms with Crippen LogP contribution in [0, 0.1) is 11.3 Å². The van der Waals surface area contributed by atoms with Crippen LogP contribution in [-0.4, -0.2) is 11.0 Å². The lowest BCUT2D eigenvalue weighted by molar-refractivity contribution is 0.249. The van der Waals surface area contributed by atoms with E-state index in [1.807, 2.05) is 37.3 Å². The molecule has 3 aromatic rings. The fraction of sp³-hybridized carbons (Fsp3) is 0.118. The van der Waals surface area contributed by atoms with Crippen LogP contribution in [0.15, 0.2) is 48.5 Å². The van der Waals surface area contributed by atoms with Crippen LogP contribution in [-0.2, 0) is 0 Å². The Kier molecular flexibility index (Phi) is 4.22. The average Bonchev–Trinajstić information content (AvgIpc) is 2.96. The highest BCUT2D eigenvalue weighted by atomic mass is 32.1. The number of rotatable bonds is 3. The van der Waals surface area contributed by atoms with Crippen LogP contribution < -0.4 is 10.6 Å². The molecule has 0 bridgehead atoms. The van der Waals surface area contributed by atoms with Gasteiger partial charge in [0.2, 0.25) is 0 Å². The molecule has 0 saturated carbocycles. The summed E-state index contributed by atoms with van der Waals surface area (Å²) in [6.45, 7) is 1.92. The van der Waals surface area contributed by atoms with Gasteiger partial charge in [0, 0.05) is 0 Å².